The van der Waals surface area contributed by atoms with E-state index in [9.17, 15) is 4.79 Å². The van der Waals surface area contributed by atoms with Crippen LogP contribution in [0.2, 0.25) is 0 Å². The lowest BCUT2D eigenvalue weighted by atomic mass is 10.2. The van der Waals surface area contributed by atoms with Crippen molar-refractivity contribution in [1.29, 1.82) is 0 Å². The molecule has 1 nitrogen and oxygen atoms in total. The van der Waals surface area contributed by atoms with E-state index < -0.39 is 0 Å². The molecule has 0 aromatic heterocycles. The highest BCUT2D eigenvalue weighted by Crippen LogP contribution is 2.15. The van der Waals surface area contributed by atoms with Crippen LogP contribution >= 0.6 is 0 Å². The SMILES string of the molecule is C1CCCC1.CCC(C)=O.Cc1cccc(C)c1. The number of hydrogen-bond acceptors (Lipinski definition) is 1. The minimum absolute atomic E-state index is 0.255. The minimum atomic E-state index is 0.255. The summed E-state index contributed by atoms with van der Waals surface area (Å²) in [5.74, 6) is 0.255. The zero-order valence-corrected chi connectivity index (χ0v) is 12.5. The Morgan fingerprint density at radius 3 is 1.50 bits per heavy atom. The van der Waals surface area contributed by atoms with E-state index in [-0.39, 0.29) is 5.78 Å². The van der Waals surface area contributed by atoms with Gasteiger partial charge in [-0.15, -0.1) is 0 Å². The topological polar surface area (TPSA) is 17.1 Å². The van der Waals surface area contributed by atoms with Crippen LogP contribution in [0.15, 0.2) is 24.3 Å². The second-order valence-corrected chi connectivity index (χ2v) is 4.98. The average Bonchev–Trinajstić information content (AvgIpc) is 2.88. The summed E-state index contributed by atoms with van der Waals surface area (Å²) in [6.45, 7) is 7.64. The van der Waals surface area contributed by atoms with Gasteiger partial charge in [-0.3, -0.25) is 0 Å². The quantitative estimate of drug-likeness (QED) is 0.664. The predicted molar refractivity (Wildman–Crippen MR) is 80.0 cm³/mol. The average molecular weight is 248 g/mol. The van der Waals surface area contributed by atoms with Gasteiger partial charge in [0, 0.05) is 6.42 Å². The summed E-state index contributed by atoms with van der Waals surface area (Å²) in [6, 6.07) is 8.45. The third-order valence-corrected chi connectivity index (χ3v) is 2.92. The van der Waals surface area contributed by atoms with Crippen molar-refractivity contribution in [2.45, 2.75) is 66.2 Å². The van der Waals surface area contributed by atoms with Crippen molar-refractivity contribution in [2.75, 3.05) is 0 Å². The summed E-state index contributed by atoms with van der Waals surface area (Å²) in [6.07, 6.45) is 8.17. The van der Waals surface area contributed by atoms with E-state index in [1.807, 2.05) is 6.92 Å². The number of Topliss-reactive ketones (excluding diaryl/α,β-unsaturated/α-hetero) is 1. The number of carbonyl (C=O) groups excluding carboxylic acids is 1. The van der Waals surface area contributed by atoms with Crippen molar-refractivity contribution in [3.05, 3.63) is 35.4 Å². The van der Waals surface area contributed by atoms with Crippen LogP contribution in [0.5, 0.6) is 0 Å². The maximum absolute atomic E-state index is 9.81. The van der Waals surface area contributed by atoms with Crippen molar-refractivity contribution in [3.63, 3.8) is 0 Å². The Kier molecular flexibility index (Phi) is 10.3. The fourth-order valence-electron chi connectivity index (χ4n) is 1.69. The first-order valence-corrected chi connectivity index (χ1v) is 7.09. The molecule has 0 atom stereocenters. The van der Waals surface area contributed by atoms with Crippen LogP contribution in [-0.2, 0) is 4.79 Å². The molecule has 0 amide bonds. The molecule has 0 N–H and O–H groups in total. The molecular weight excluding hydrogens is 220 g/mol. The molecule has 0 saturated heterocycles. The van der Waals surface area contributed by atoms with Gasteiger partial charge in [-0.25, -0.2) is 0 Å². The second-order valence-electron chi connectivity index (χ2n) is 4.98. The molecule has 1 saturated carbocycles. The predicted octanol–water partition coefficient (Wildman–Crippen LogP) is 5.24. The molecule has 1 aromatic rings. The molecule has 1 fully saturated rings. The van der Waals surface area contributed by atoms with Crippen molar-refractivity contribution < 1.29 is 4.79 Å². The maximum atomic E-state index is 9.81. The standard InChI is InChI=1S/C8H10.C5H10.C4H8O/c1-7-4-3-5-8(2)6-7;1-2-4-5-3-1;1-3-4(2)5/h3-6H,1-2H3;1-5H2;3H2,1-2H3. The summed E-state index contributed by atoms with van der Waals surface area (Å²) < 4.78 is 0. The molecule has 0 spiro atoms. The van der Waals surface area contributed by atoms with Crippen LogP contribution in [0.3, 0.4) is 0 Å². The zero-order valence-electron chi connectivity index (χ0n) is 12.5. The lowest BCUT2D eigenvalue weighted by Crippen LogP contribution is -1.80. The van der Waals surface area contributed by atoms with Gasteiger partial charge >= 0.3 is 0 Å². The van der Waals surface area contributed by atoms with Gasteiger partial charge in [0.2, 0.25) is 0 Å². The Morgan fingerprint density at radius 1 is 1.00 bits per heavy atom. The van der Waals surface area contributed by atoms with Gasteiger partial charge in [-0.2, -0.15) is 0 Å². The van der Waals surface area contributed by atoms with Crippen LogP contribution in [0, 0.1) is 13.8 Å². The number of ketones is 1. The first kappa shape index (κ1) is 16.9. The molecule has 1 aromatic carbocycles. The molecule has 1 aliphatic rings. The van der Waals surface area contributed by atoms with Gasteiger partial charge in [-0.1, -0.05) is 74.4 Å². The normalized spacial score (nSPS) is 12.9. The van der Waals surface area contributed by atoms with E-state index in [4.69, 9.17) is 0 Å². The number of benzene rings is 1. The first-order valence-electron chi connectivity index (χ1n) is 7.09. The van der Waals surface area contributed by atoms with Gasteiger partial charge in [-0.05, 0) is 20.8 Å². The number of rotatable bonds is 1. The highest BCUT2D eigenvalue weighted by molar-refractivity contribution is 5.74. The fraction of sp³-hybridized carbons (Fsp3) is 0.588. The molecule has 0 radical (unpaired) electrons. The second kappa shape index (κ2) is 11.0. The highest BCUT2D eigenvalue weighted by atomic mass is 16.1. The van der Waals surface area contributed by atoms with Gasteiger partial charge in [0.05, 0.1) is 0 Å². The molecule has 0 unspecified atom stereocenters. The van der Waals surface area contributed by atoms with Gasteiger partial charge in [0.25, 0.3) is 0 Å². The molecule has 0 bridgehead atoms. The third kappa shape index (κ3) is 11.4. The van der Waals surface area contributed by atoms with E-state index >= 15 is 0 Å². The van der Waals surface area contributed by atoms with E-state index in [1.165, 1.54) is 43.2 Å². The lowest BCUT2D eigenvalue weighted by Gasteiger charge is -1.90. The summed E-state index contributed by atoms with van der Waals surface area (Å²) in [4.78, 5) is 9.81. The third-order valence-electron chi connectivity index (χ3n) is 2.92. The maximum Gasteiger partial charge on any atom is 0.129 e. The molecule has 0 heterocycles. The smallest absolute Gasteiger partial charge is 0.129 e. The number of carbonyl (C=O) groups is 1. The highest BCUT2D eigenvalue weighted by Gasteiger charge is 1.95. The Labute approximate surface area is 113 Å². The Hall–Kier alpha value is -1.11. The van der Waals surface area contributed by atoms with E-state index in [1.54, 1.807) is 6.92 Å². The molecule has 2 rings (SSSR count). The number of hydrogen-bond donors (Lipinski definition) is 0. The largest absolute Gasteiger partial charge is 0.300 e. The molecule has 0 aliphatic heterocycles. The number of aryl methyl sites for hydroxylation is 2. The zero-order chi connectivity index (χ0) is 13.8. The Morgan fingerprint density at radius 2 is 1.33 bits per heavy atom. The minimum Gasteiger partial charge on any atom is -0.300 e. The van der Waals surface area contributed by atoms with Crippen molar-refractivity contribution in [3.8, 4) is 0 Å². The Bertz CT molecular complexity index is 299. The first-order chi connectivity index (χ1) is 8.56. The van der Waals surface area contributed by atoms with Crippen LogP contribution in [0.25, 0.3) is 0 Å². The lowest BCUT2D eigenvalue weighted by molar-refractivity contribution is -0.116. The van der Waals surface area contributed by atoms with Crippen LogP contribution in [0.4, 0.5) is 0 Å². The molecular formula is C17H28O. The molecule has 1 aliphatic carbocycles. The van der Waals surface area contributed by atoms with E-state index in [0.29, 0.717) is 6.42 Å². The van der Waals surface area contributed by atoms with E-state index in [0.717, 1.165) is 0 Å². The van der Waals surface area contributed by atoms with Crippen molar-refractivity contribution in [1.82, 2.24) is 0 Å². The van der Waals surface area contributed by atoms with Gasteiger partial charge in [0.1, 0.15) is 5.78 Å². The van der Waals surface area contributed by atoms with Crippen molar-refractivity contribution in [2.24, 2.45) is 0 Å². The summed E-state index contributed by atoms with van der Waals surface area (Å²) in [5, 5.41) is 0. The Balaban J connectivity index is 0.000000254. The molecule has 1 heteroatoms. The summed E-state index contributed by atoms with van der Waals surface area (Å²) in [5.41, 5.74) is 2.68. The monoisotopic (exact) mass is 248 g/mol. The van der Waals surface area contributed by atoms with Crippen LogP contribution in [0.1, 0.15) is 63.5 Å². The van der Waals surface area contributed by atoms with Gasteiger partial charge < -0.3 is 4.79 Å². The van der Waals surface area contributed by atoms with E-state index in [2.05, 4.69) is 38.1 Å². The summed E-state index contributed by atoms with van der Waals surface area (Å²) >= 11 is 0. The van der Waals surface area contributed by atoms with Crippen LogP contribution in [-0.4, -0.2) is 5.78 Å². The molecule has 18 heavy (non-hydrogen) atoms. The molecule has 102 valence electrons. The summed E-state index contributed by atoms with van der Waals surface area (Å²) in [7, 11) is 0. The fourth-order valence-corrected chi connectivity index (χ4v) is 1.69. The van der Waals surface area contributed by atoms with Crippen molar-refractivity contribution >= 4 is 5.78 Å². The van der Waals surface area contributed by atoms with Crippen LogP contribution < -0.4 is 0 Å². The van der Waals surface area contributed by atoms with Gasteiger partial charge in [0.15, 0.2) is 0 Å².